The Bertz CT molecular complexity index is 1730. The van der Waals surface area contributed by atoms with Gasteiger partial charge in [0.25, 0.3) is 0 Å². The third-order valence-corrected chi connectivity index (χ3v) is 10.4. The molecular formula is C65H96O6. The van der Waals surface area contributed by atoms with Crippen LogP contribution in [0.25, 0.3) is 0 Å². The van der Waals surface area contributed by atoms with Crippen LogP contribution in [0.2, 0.25) is 0 Å². The number of hydrogen-bond acceptors (Lipinski definition) is 6. The molecule has 1 unspecified atom stereocenters. The Morgan fingerprint density at radius 2 is 0.549 bits per heavy atom. The summed E-state index contributed by atoms with van der Waals surface area (Å²) < 4.78 is 16.7. The Morgan fingerprint density at radius 1 is 0.282 bits per heavy atom. The molecule has 392 valence electrons. The minimum absolute atomic E-state index is 0.151. The van der Waals surface area contributed by atoms with Crippen molar-refractivity contribution in [3.8, 4) is 0 Å². The molecule has 71 heavy (non-hydrogen) atoms. The van der Waals surface area contributed by atoms with Gasteiger partial charge in [0.1, 0.15) is 13.2 Å². The molecule has 0 bridgehead atoms. The summed E-state index contributed by atoms with van der Waals surface area (Å²) >= 11 is 0. The van der Waals surface area contributed by atoms with Crippen molar-refractivity contribution in [2.24, 2.45) is 0 Å². The van der Waals surface area contributed by atoms with Gasteiger partial charge >= 0.3 is 17.9 Å². The maximum Gasteiger partial charge on any atom is 0.306 e. The number of carbonyl (C=O) groups excluding carboxylic acids is 3. The number of esters is 3. The molecule has 0 aliphatic carbocycles. The fraction of sp³-hybridized carbons (Fsp3) is 0.492. The monoisotopic (exact) mass is 973 g/mol. The van der Waals surface area contributed by atoms with Gasteiger partial charge in [-0.15, -0.1) is 0 Å². The van der Waals surface area contributed by atoms with Crippen LogP contribution >= 0.6 is 0 Å². The van der Waals surface area contributed by atoms with Gasteiger partial charge in [0, 0.05) is 19.3 Å². The van der Waals surface area contributed by atoms with Crippen LogP contribution in [0, 0.1) is 0 Å². The quantitative estimate of drug-likeness (QED) is 0.0262. The Morgan fingerprint density at radius 3 is 0.901 bits per heavy atom. The van der Waals surface area contributed by atoms with Crippen molar-refractivity contribution in [1.82, 2.24) is 0 Å². The van der Waals surface area contributed by atoms with Crippen LogP contribution in [0.3, 0.4) is 0 Å². The number of hydrogen-bond donors (Lipinski definition) is 0. The Kier molecular flexibility index (Phi) is 52.7. The summed E-state index contributed by atoms with van der Waals surface area (Å²) in [5.41, 5.74) is 0. The van der Waals surface area contributed by atoms with E-state index in [2.05, 4.69) is 191 Å². The molecule has 1 atom stereocenters. The van der Waals surface area contributed by atoms with Gasteiger partial charge in [0.2, 0.25) is 0 Å². The lowest BCUT2D eigenvalue weighted by Crippen LogP contribution is -2.30. The lowest BCUT2D eigenvalue weighted by atomic mass is 10.1. The number of rotatable bonds is 46. The maximum atomic E-state index is 12.8. The number of carbonyl (C=O) groups is 3. The summed E-state index contributed by atoms with van der Waals surface area (Å²) in [6.07, 6.45) is 86.1. The second-order valence-electron chi connectivity index (χ2n) is 17.0. The van der Waals surface area contributed by atoms with Gasteiger partial charge < -0.3 is 14.2 Å². The van der Waals surface area contributed by atoms with Crippen LogP contribution < -0.4 is 0 Å². The molecule has 6 nitrogen and oxygen atoms in total. The van der Waals surface area contributed by atoms with Crippen molar-refractivity contribution in [3.63, 3.8) is 0 Å². The lowest BCUT2D eigenvalue weighted by Gasteiger charge is -2.18. The van der Waals surface area contributed by atoms with E-state index in [4.69, 9.17) is 14.2 Å². The van der Waals surface area contributed by atoms with Crippen molar-refractivity contribution < 1.29 is 28.6 Å². The fourth-order valence-corrected chi connectivity index (χ4v) is 6.43. The molecule has 0 aromatic carbocycles. The van der Waals surface area contributed by atoms with Gasteiger partial charge in [-0.1, -0.05) is 216 Å². The van der Waals surface area contributed by atoms with Gasteiger partial charge in [-0.2, -0.15) is 0 Å². The zero-order valence-electron chi connectivity index (χ0n) is 44.6. The van der Waals surface area contributed by atoms with Gasteiger partial charge in [-0.05, 0) is 135 Å². The molecule has 0 heterocycles. The van der Waals surface area contributed by atoms with E-state index in [9.17, 15) is 14.4 Å². The molecule has 0 aliphatic heterocycles. The Hall–Kier alpha value is -5.49. The topological polar surface area (TPSA) is 78.9 Å². The molecule has 0 saturated carbocycles. The normalized spacial score (nSPS) is 13.6. The number of unbranched alkanes of at least 4 members (excludes halogenated alkanes) is 5. The predicted octanol–water partition coefficient (Wildman–Crippen LogP) is 18.5. The molecule has 0 amide bonds. The maximum absolute atomic E-state index is 12.8. The zero-order chi connectivity index (χ0) is 51.4. The van der Waals surface area contributed by atoms with E-state index in [-0.39, 0.29) is 50.4 Å². The molecule has 0 spiro atoms. The summed E-state index contributed by atoms with van der Waals surface area (Å²) in [5.74, 6) is -1.13. The highest BCUT2D eigenvalue weighted by molar-refractivity contribution is 5.71. The van der Waals surface area contributed by atoms with Gasteiger partial charge in [0.15, 0.2) is 6.10 Å². The van der Waals surface area contributed by atoms with Crippen molar-refractivity contribution >= 4 is 17.9 Å². The first-order valence-corrected chi connectivity index (χ1v) is 27.3. The highest BCUT2D eigenvalue weighted by atomic mass is 16.6. The van der Waals surface area contributed by atoms with Gasteiger partial charge in [0.05, 0.1) is 0 Å². The van der Waals surface area contributed by atoms with E-state index in [0.29, 0.717) is 19.3 Å². The molecular weight excluding hydrogens is 877 g/mol. The summed E-state index contributed by atoms with van der Waals surface area (Å²) in [7, 11) is 0. The molecule has 0 saturated heterocycles. The van der Waals surface area contributed by atoms with Crippen molar-refractivity contribution in [1.29, 1.82) is 0 Å². The first-order chi connectivity index (χ1) is 35.0. The average Bonchev–Trinajstić information content (AvgIpc) is 3.37. The third kappa shape index (κ3) is 55.3. The fourth-order valence-electron chi connectivity index (χ4n) is 6.43. The molecule has 0 radical (unpaired) electrons. The molecule has 0 N–H and O–H groups in total. The van der Waals surface area contributed by atoms with Crippen LogP contribution in [-0.4, -0.2) is 37.2 Å². The smallest absolute Gasteiger partial charge is 0.306 e. The SMILES string of the molecule is CC/C=C\C/C=C\C/C=C\C/C=C\C/C=C\C/C=C\C/C=C\CCCC(=O)OCC(COC(=O)CC/C=C\C/C=C\C/C=C\C/C=C\CC)OC(=O)CCCCCC/C=C\C/C=C\C/C=C\C/C=C\CC. The zero-order valence-corrected chi connectivity index (χ0v) is 44.6. The second kappa shape index (κ2) is 57.1. The van der Waals surface area contributed by atoms with Crippen molar-refractivity contribution in [3.05, 3.63) is 182 Å². The van der Waals surface area contributed by atoms with E-state index >= 15 is 0 Å². The van der Waals surface area contributed by atoms with Crippen LogP contribution in [0.15, 0.2) is 182 Å². The number of ether oxygens (including phenoxy) is 3. The molecule has 0 aromatic rings. The van der Waals surface area contributed by atoms with Crippen LogP contribution in [-0.2, 0) is 28.6 Å². The molecule has 0 rings (SSSR count). The van der Waals surface area contributed by atoms with Crippen LogP contribution in [0.5, 0.6) is 0 Å². The first kappa shape index (κ1) is 65.5. The average molecular weight is 973 g/mol. The Balaban J connectivity index is 4.62. The predicted molar refractivity (Wildman–Crippen MR) is 306 cm³/mol. The highest BCUT2D eigenvalue weighted by Gasteiger charge is 2.19. The van der Waals surface area contributed by atoms with Crippen LogP contribution in [0.4, 0.5) is 0 Å². The van der Waals surface area contributed by atoms with Gasteiger partial charge in [-0.25, -0.2) is 0 Å². The van der Waals surface area contributed by atoms with E-state index in [1.54, 1.807) is 0 Å². The van der Waals surface area contributed by atoms with Crippen molar-refractivity contribution in [2.45, 2.75) is 194 Å². The van der Waals surface area contributed by atoms with Crippen LogP contribution in [0.1, 0.15) is 188 Å². The number of allylic oxidation sites excluding steroid dienone is 30. The van der Waals surface area contributed by atoms with E-state index < -0.39 is 6.10 Å². The molecule has 0 fully saturated rings. The standard InChI is InChI=1S/C65H96O6/c1-4-7-10-13-16-19-22-25-27-29-30-31-32-33-34-36-37-40-43-46-49-52-55-58-64(67)70-61-62(60-69-63(66)57-54-51-48-45-42-39-24-21-18-15-12-9-6-3)71-65(68)59-56-53-50-47-44-41-38-35-28-26-23-20-17-14-11-8-5-2/h7-12,16-21,25-28,30-31,33-34,37-42,46,48-49,51,62H,4-6,13-15,22-24,29,32,35-36,43-45,47,50,52-61H2,1-3H3/b10-7-,11-8-,12-9-,19-16-,20-17-,21-18-,27-25-,28-26-,31-30-,34-33-,40-37-,41-38-,42-39-,49-46-,51-48-. The molecule has 6 heteroatoms. The summed E-state index contributed by atoms with van der Waals surface area (Å²) in [6.45, 7) is 6.13. The summed E-state index contributed by atoms with van der Waals surface area (Å²) in [4.78, 5) is 38.0. The summed E-state index contributed by atoms with van der Waals surface area (Å²) in [6, 6.07) is 0. The minimum atomic E-state index is -0.854. The third-order valence-electron chi connectivity index (χ3n) is 10.4. The van der Waals surface area contributed by atoms with Crippen molar-refractivity contribution in [2.75, 3.05) is 13.2 Å². The second-order valence-corrected chi connectivity index (χ2v) is 17.0. The van der Waals surface area contributed by atoms with E-state index in [0.717, 1.165) is 128 Å². The highest BCUT2D eigenvalue weighted by Crippen LogP contribution is 2.10. The van der Waals surface area contributed by atoms with Gasteiger partial charge in [-0.3, -0.25) is 14.4 Å². The van der Waals surface area contributed by atoms with E-state index in [1.807, 2.05) is 12.2 Å². The summed E-state index contributed by atoms with van der Waals surface area (Å²) in [5, 5.41) is 0. The van der Waals surface area contributed by atoms with E-state index in [1.165, 1.54) is 0 Å². The first-order valence-electron chi connectivity index (χ1n) is 27.3. The largest absolute Gasteiger partial charge is 0.462 e. The lowest BCUT2D eigenvalue weighted by molar-refractivity contribution is -0.166. The minimum Gasteiger partial charge on any atom is -0.462 e. The molecule has 0 aromatic heterocycles. The molecule has 0 aliphatic rings. The Labute approximate surface area is 434 Å².